The maximum absolute atomic E-state index is 12.0. The molecule has 0 aromatic carbocycles. The van der Waals surface area contributed by atoms with Gasteiger partial charge in [-0.25, -0.2) is 28.6 Å². The summed E-state index contributed by atoms with van der Waals surface area (Å²) in [6.45, 7) is 1.36. The number of aromatic nitrogens is 4. The van der Waals surface area contributed by atoms with Gasteiger partial charge >= 0.3 is 21.4 Å². The number of imidazole rings is 1. The number of aliphatic hydroxyl groups excluding tert-OH is 2. The molecule has 0 bridgehead atoms. The van der Waals surface area contributed by atoms with Crippen LogP contribution >= 0.6 is 15.4 Å². The first-order valence-corrected chi connectivity index (χ1v) is 13.1. The Bertz CT molecular complexity index is 1120. The second kappa shape index (κ2) is 10.7. The molecule has 1 fully saturated rings. The van der Waals surface area contributed by atoms with Crippen molar-refractivity contribution in [3.63, 3.8) is 0 Å². The molecule has 2 aromatic rings. The Morgan fingerprint density at radius 1 is 1.24 bits per heavy atom. The molecule has 2 amide bonds. The topological polar surface area (TPSA) is 240 Å². The molecule has 1 aliphatic rings. The molecule has 3 rings (SSSR count). The van der Waals surface area contributed by atoms with Crippen LogP contribution < -0.4 is 16.0 Å². The SMILES string of the molecule is CCNC(=O)Nc1ncnc2c1ncn2[C@@H]1O[C@H](COP(=O)(O)OP(=O)(O)CNC)C(O)[C@@H]1O. The first-order chi connectivity index (χ1) is 16.0. The molecule has 34 heavy (non-hydrogen) atoms. The smallest absolute Gasteiger partial charge is 0.387 e. The number of urea groups is 1. The standard InChI is InChI=1S/C15H25N7O10P2/c1-3-17-15(25)21-12-9-13(19-5-18-12)22(6-20-9)14-11(24)10(23)8(31-14)4-30-34(28,29)32-33(26,27)7-16-2/h5-6,8,10-11,14,16,23-24H,3-4,7H2,1-2H3,(H,26,27)(H,28,29)(H2,17,18,19,21,25)/t8-,10?,11+,14-/m1/s1. The molecular weight excluding hydrogens is 500 g/mol. The predicted octanol–water partition coefficient (Wildman–Crippen LogP) is -0.917. The van der Waals surface area contributed by atoms with Crippen LogP contribution in [-0.2, 0) is 22.7 Å². The molecule has 3 unspecified atom stereocenters. The van der Waals surface area contributed by atoms with E-state index in [1.54, 1.807) is 6.92 Å². The highest BCUT2D eigenvalue weighted by atomic mass is 31.3. The summed E-state index contributed by atoms with van der Waals surface area (Å²) < 4.78 is 39.5. The normalized spacial score (nSPS) is 26.2. The van der Waals surface area contributed by atoms with Crippen molar-refractivity contribution in [2.75, 3.05) is 31.8 Å². The quantitative estimate of drug-likeness (QED) is 0.186. The van der Waals surface area contributed by atoms with Gasteiger partial charge in [-0.15, -0.1) is 0 Å². The highest BCUT2D eigenvalue weighted by molar-refractivity contribution is 7.63. The summed E-state index contributed by atoms with van der Waals surface area (Å²) in [5.41, 5.74) is 0.333. The Labute approximate surface area is 192 Å². The van der Waals surface area contributed by atoms with E-state index in [4.69, 9.17) is 4.74 Å². The number of aliphatic hydroxyl groups is 2. The second-order valence-electron chi connectivity index (χ2n) is 7.07. The van der Waals surface area contributed by atoms with Crippen LogP contribution in [0.4, 0.5) is 10.6 Å². The Kier molecular flexibility index (Phi) is 8.36. The average molecular weight is 525 g/mol. The third kappa shape index (κ3) is 6.14. The van der Waals surface area contributed by atoms with E-state index in [1.165, 1.54) is 17.9 Å². The Morgan fingerprint density at radius 2 is 1.97 bits per heavy atom. The van der Waals surface area contributed by atoms with Crippen LogP contribution in [0.2, 0.25) is 0 Å². The molecule has 0 aliphatic carbocycles. The number of carbonyl (C=O) groups excluding carboxylic acids is 1. The number of hydrogen-bond acceptors (Lipinski definition) is 12. The average Bonchev–Trinajstić information content (AvgIpc) is 3.28. The van der Waals surface area contributed by atoms with Crippen molar-refractivity contribution in [1.82, 2.24) is 30.2 Å². The maximum atomic E-state index is 12.0. The summed E-state index contributed by atoms with van der Waals surface area (Å²) in [5, 5.41) is 28.2. The van der Waals surface area contributed by atoms with Crippen molar-refractivity contribution >= 4 is 38.4 Å². The van der Waals surface area contributed by atoms with Crippen molar-refractivity contribution in [2.24, 2.45) is 0 Å². The number of phosphoric acid groups is 1. The molecule has 19 heteroatoms. The zero-order valence-corrected chi connectivity index (χ0v) is 19.8. The lowest BCUT2D eigenvalue weighted by molar-refractivity contribution is -0.0501. The Morgan fingerprint density at radius 3 is 2.65 bits per heavy atom. The fraction of sp³-hybridized carbons (Fsp3) is 0.600. The van der Waals surface area contributed by atoms with E-state index in [0.29, 0.717) is 6.54 Å². The van der Waals surface area contributed by atoms with Crippen LogP contribution in [0.25, 0.3) is 11.2 Å². The number of hydrogen-bond donors (Lipinski definition) is 7. The van der Waals surface area contributed by atoms with Gasteiger partial charge in [-0.2, -0.15) is 0 Å². The first kappa shape index (κ1) is 26.6. The molecule has 6 atom stereocenters. The van der Waals surface area contributed by atoms with E-state index in [-0.39, 0.29) is 17.0 Å². The number of fused-ring (bicyclic) bond motifs is 1. The van der Waals surface area contributed by atoms with E-state index in [0.717, 1.165) is 6.33 Å². The monoisotopic (exact) mass is 525 g/mol. The van der Waals surface area contributed by atoms with Crippen molar-refractivity contribution in [2.45, 2.75) is 31.5 Å². The zero-order valence-electron chi connectivity index (χ0n) is 18.0. The molecule has 0 saturated carbocycles. The Hall–Kier alpha value is -2.04. The van der Waals surface area contributed by atoms with Crippen molar-refractivity contribution in [3.8, 4) is 0 Å². The molecule has 1 saturated heterocycles. The van der Waals surface area contributed by atoms with Crippen LogP contribution in [0.3, 0.4) is 0 Å². The van der Waals surface area contributed by atoms with Gasteiger partial charge in [0.1, 0.15) is 24.6 Å². The van der Waals surface area contributed by atoms with Gasteiger partial charge in [0.25, 0.3) is 0 Å². The minimum Gasteiger partial charge on any atom is -0.387 e. The number of amides is 2. The van der Waals surface area contributed by atoms with Gasteiger partial charge in [-0.05, 0) is 14.0 Å². The Balaban J connectivity index is 1.73. The van der Waals surface area contributed by atoms with Gasteiger partial charge in [0.2, 0.25) is 0 Å². The molecule has 3 heterocycles. The van der Waals surface area contributed by atoms with Gasteiger partial charge in [0.05, 0.1) is 19.2 Å². The number of anilines is 1. The molecule has 17 nitrogen and oxygen atoms in total. The predicted molar refractivity (Wildman–Crippen MR) is 115 cm³/mol. The number of nitrogens with zero attached hydrogens (tertiary/aromatic N) is 4. The number of carbonyl (C=O) groups is 1. The van der Waals surface area contributed by atoms with E-state index in [2.05, 4.69) is 39.7 Å². The fourth-order valence-corrected chi connectivity index (χ4v) is 5.56. The second-order valence-corrected chi connectivity index (χ2v) is 10.5. The molecule has 190 valence electrons. The van der Waals surface area contributed by atoms with Crippen molar-refractivity contribution < 1.29 is 47.5 Å². The van der Waals surface area contributed by atoms with Crippen LogP contribution in [0, 0.1) is 0 Å². The number of phosphoric ester groups is 1. The van der Waals surface area contributed by atoms with Gasteiger partial charge in [0, 0.05) is 6.54 Å². The summed E-state index contributed by atoms with van der Waals surface area (Å²) in [7, 11) is -8.13. The van der Waals surface area contributed by atoms with Crippen LogP contribution in [0.1, 0.15) is 13.2 Å². The minimum atomic E-state index is -5.00. The molecule has 0 spiro atoms. The van der Waals surface area contributed by atoms with Crippen LogP contribution in [-0.4, -0.2) is 90.3 Å². The fourth-order valence-electron chi connectivity index (χ4n) is 3.12. The summed E-state index contributed by atoms with van der Waals surface area (Å²) >= 11 is 0. The summed E-state index contributed by atoms with van der Waals surface area (Å²) in [6, 6.07) is -0.514. The number of rotatable bonds is 10. The van der Waals surface area contributed by atoms with Gasteiger partial charge in [0.15, 0.2) is 23.2 Å². The van der Waals surface area contributed by atoms with E-state index < -0.39 is 58.9 Å². The van der Waals surface area contributed by atoms with E-state index >= 15 is 0 Å². The molecule has 0 radical (unpaired) electrons. The van der Waals surface area contributed by atoms with Crippen molar-refractivity contribution in [1.29, 1.82) is 0 Å². The first-order valence-electron chi connectivity index (χ1n) is 9.87. The number of ether oxygens (including phenoxy) is 1. The van der Waals surface area contributed by atoms with E-state index in [9.17, 15) is 33.9 Å². The lowest BCUT2D eigenvalue weighted by Crippen LogP contribution is -2.33. The maximum Gasteiger partial charge on any atom is 0.479 e. The van der Waals surface area contributed by atoms with Gasteiger partial charge < -0.3 is 35.4 Å². The molecule has 1 aliphatic heterocycles. The summed E-state index contributed by atoms with van der Waals surface area (Å²) in [6.07, 6.45) is -3.88. The van der Waals surface area contributed by atoms with Gasteiger partial charge in [-0.1, -0.05) is 0 Å². The van der Waals surface area contributed by atoms with E-state index in [1.807, 2.05) is 0 Å². The third-order valence-electron chi connectivity index (χ3n) is 4.53. The highest BCUT2D eigenvalue weighted by Crippen LogP contribution is 2.59. The largest absolute Gasteiger partial charge is 0.479 e. The highest BCUT2D eigenvalue weighted by Gasteiger charge is 2.46. The third-order valence-corrected chi connectivity index (χ3v) is 7.57. The number of nitrogens with one attached hydrogen (secondary N) is 3. The zero-order chi connectivity index (χ0) is 25.1. The summed E-state index contributed by atoms with van der Waals surface area (Å²) in [4.78, 5) is 43.2. The van der Waals surface area contributed by atoms with Gasteiger partial charge in [-0.3, -0.25) is 19.0 Å². The van der Waals surface area contributed by atoms with Crippen LogP contribution in [0.5, 0.6) is 0 Å². The molecule has 7 N–H and O–H groups in total. The molecular formula is C15H25N7O10P2. The van der Waals surface area contributed by atoms with Crippen LogP contribution in [0.15, 0.2) is 12.7 Å². The lowest BCUT2D eigenvalue weighted by atomic mass is 10.1. The van der Waals surface area contributed by atoms with Crippen molar-refractivity contribution in [3.05, 3.63) is 12.7 Å². The lowest BCUT2D eigenvalue weighted by Gasteiger charge is -2.19. The molecule has 2 aromatic heterocycles. The minimum absolute atomic E-state index is 0.0935. The summed E-state index contributed by atoms with van der Waals surface area (Å²) in [5.74, 6) is 0.0935.